The molecule has 0 saturated carbocycles. The van der Waals surface area contributed by atoms with E-state index in [1.807, 2.05) is 44.2 Å². The molecule has 2 bridgehead atoms. The summed E-state index contributed by atoms with van der Waals surface area (Å²) in [5.74, 6) is -3.39. The molecular weight excluding hydrogens is 730 g/mol. The summed E-state index contributed by atoms with van der Waals surface area (Å²) in [7, 11) is 1.56. The summed E-state index contributed by atoms with van der Waals surface area (Å²) < 4.78 is 18.4. The Balaban J connectivity index is 1.55. The van der Waals surface area contributed by atoms with Crippen molar-refractivity contribution >= 4 is 45.3 Å². The third kappa shape index (κ3) is 7.30. The first-order valence-corrected chi connectivity index (χ1v) is 18.9. The summed E-state index contributed by atoms with van der Waals surface area (Å²) in [6.07, 6.45) is 3.28. The van der Waals surface area contributed by atoms with E-state index in [9.17, 15) is 19.5 Å². The van der Waals surface area contributed by atoms with E-state index in [0.717, 1.165) is 0 Å². The van der Waals surface area contributed by atoms with Crippen molar-refractivity contribution in [1.29, 1.82) is 0 Å². The van der Waals surface area contributed by atoms with Crippen molar-refractivity contribution in [3.05, 3.63) is 85.5 Å². The topological polar surface area (TPSA) is 135 Å². The molecule has 2 aromatic rings. The third-order valence-corrected chi connectivity index (χ3v) is 11.7. The lowest BCUT2D eigenvalue weighted by Gasteiger charge is -2.41. The maximum Gasteiger partial charge on any atom is 0.313 e. The number of methoxy groups -OCH3 is 1. The second-order valence-electron chi connectivity index (χ2n) is 13.9. The molecule has 0 aliphatic carbocycles. The molecule has 2 aromatic carbocycles. The Kier molecular flexibility index (Phi) is 12.6. The first-order chi connectivity index (χ1) is 25.0. The molecule has 3 amide bonds. The monoisotopic (exact) mass is 779 g/mol. The molecule has 3 saturated heterocycles. The summed E-state index contributed by atoms with van der Waals surface area (Å²) in [5, 5.41) is 13.7. The molecule has 280 valence electrons. The second-order valence-corrected chi connectivity index (χ2v) is 15.1. The summed E-state index contributed by atoms with van der Waals surface area (Å²) in [6, 6.07) is 13.7. The average Bonchev–Trinajstić information content (AvgIpc) is 3.75. The van der Waals surface area contributed by atoms with Crippen molar-refractivity contribution in [2.75, 3.05) is 25.2 Å². The van der Waals surface area contributed by atoms with Gasteiger partial charge in [0.25, 0.3) is 5.91 Å². The lowest BCUT2D eigenvalue weighted by atomic mass is 9.70. The highest BCUT2D eigenvalue weighted by Crippen LogP contribution is 2.61. The van der Waals surface area contributed by atoms with E-state index in [2.05, 4.69) is 34.4 Å². The number of hydrogen-bond acceptors (Lipinski definition) is 8. The van der Waals surface area contributed by atoms with Gasteiger partial charge in [-0.05, 0) is 55.5 Å². The number of halogens is 1. The molecule has 0 radical (unpaired) electrons. The molecule has 3 heterocycles. The van der Waals surface area contributed by atoms with E-state index in [-0.39, 0.29) is 42.6 Å². The highest BCUT2D eigenvalue weighted by molar-refractivity contribution is 9.09. The van der Waals surface area contributed by atoms with E-state index in [1.54, 1.807) is 55.4 Å². The summed E-state index contributed by atoms with van der Waals surface area (Å²) in [5.41, 5.74) is -0.155. The Morgan fingerprint density at radius 3 is 2.42 bits per heavy atom. The minimum Gasteiger partial charge on any atom is -0.497 e. The van der Waals surface area contributed by atoms with Crippen LogP contribution in [-0.2, 0) is 28.7 Å². The molecule has 52 heavy (non-hydrogen) atoms. The van der Waals surface area contributed by atoms with Gasteiger partial charge < -0.3 is 34.4 Å². The van der Waals surface area contributed by atoms with E-state index in [4.69, 9.17) is 14.2 Å². The van der Waals surface area contributed by atoms with Crippen LogP contribution in [0, 0.1) is 17.8 Å². The van der Waals surface area contributed by atoms with Gasteiger partial charge in [-0.3, -0.25) is 19.2 Å². The number of fused-ring (bicyclic) bond motifs is 1. The van der Waals surface area contributed by atoms with Crippen LogP contribution in [0.3, 0.4) is 0 Å². The number of amides is 3. The van der Waals surface area contributed by atoms with Gasteiger partial charge in [-0.2, -0.15) is 0 Å². The number of aliphatic hydroxyl groups excluding tert-OH is 1. The zero-order chi connectivity index (χ0) is 37.7. The molecule has 0 aromatic heterocycles. The summed E-state index contributed by atoms with van der Waals surface area (Å²) >= 11 is 3.74. The van der Waals surface area contributed by atoms with Crippen LogP contribution in [0.4, 0.5) is 5.69 Å². The van der Waals surface area contributed by atoms with Crippen LogP contribution in [0.2, 0.25) is 0 Å². The Labute approximate surface area is 314 Å². The van der Waals surface area contributed by atoms with Crippen LogP contribution in [0.15, 0.2) is 79.9 Å². The number of benzene rings is 2. The van der Waals surface area contributed by atoms with Crippen molar-refractivity contribution < 1.29 is 38.5 Å². The Bertz CT molecular complexity index is 1620. The summed E-state index contributed by atoms with van der Waals surface area (Å²) in [6.45, 7) is 13.0. The maximum atomic E-state index is 15.0. The highest BCUT2D eigenvalue weighted by Gasteiger charge is 2.78. The number of allylic oxidation sites excluding steroid dienone is 1. The lowest BCUT2D eigenvalue weighted by molar-refractivity contribution is -0.162. The molecule has 3 aliphatic rings. The fourth-order valence-corrected chi connectivity index (χ4v) is 9.03. The standard InChI is InChI=1S/C40H50BrN3O8/c1-7-10-16-31(46)42-25(5)34(26-14-12-11-13-15-26)51-39(49)32-33-37(47)44(30(23-45)24(4)9-3)36(40(33)22-29(41)35(32)52-40)38(48)43(21-8-2)27-17-19-28(50-6)20-18-27/h7-8,11-15,17-20,24-25,29-30,32-36,45H,1-2,9-10,16,21-23H2,3-6H3,(H,42,46)/t24-,25+,29?,30-,32+,33-,34+,35+,36+,40-/m0/s1. The molecule has 1 unspecified atom stereocenters. The number of ether oxygens (including phenoxy) is 3. The van der Waals surface area contributed by atoms with Crippen LogP contribution in [0.1, 0.15) is 58.1 Å². The van der Waals surface area contributed by atoms with Crippen molar-refractivity contribution in [3.8, 4) is 5.75 Å². The predicted octanol–water partition coefficient (Wildman–Crippen LogP) is 5.12. The number of aliphatic hydroxyl groups is 1. The molecule has 1 spiro atoms. The van der Waals surface area contributed by atoms with Crippen LogP contribution < -0.4 is 15.0 Å². The van der Waals surface area contributed by atoms with E-state index >= 15 is 4.79 Å². The highest BCUT2D eigenvalue weighted by atomic mass is 79.9. The van der Waals surface area contributed by atoms with E-state index in [0.29, 0.717) is 29.8 Å². The molecule has 2 N–H and O–H groups in total. The Morgan fingerprint density at radius 1 is 1.13 bits per heavy atom. The molecule has 12 heteroatoms. The minimum atomic E-state index is -1.39. The third-order valence-electron chi connectivity index (χ3n) is 10.8. The summed E-state index contributed by atoms with van der Waals surface area (Å²) in [4.78, 5) is 59.9. The maximum absolute atomic E-state index is 15.0. The van der Waals surface area contributed by atoms with Gasteiger partial charge in [0.2, 0.25) is 11.8 Å². The predicted molar refractivity (Wildman–Crippen MR) is 201 cm³/mol. The zero-order valence-corrected chi connectivity index (χ0v) is 31.9. The quantitative estimate of drug-likeness (QED) is 0.128. The Morgan fingerprint density at radius 2 is 1.83 bits per heavy atom. The average molecular weight is 781 g/mol. The molecule has 3 aliphatic heterocycles. The van der Waals surface area contributed by atoms with Gasteiger partial charge in [0.05, 0.1) is 43.7 Å². The first kappa shape index (κ1) is 39.2. The number of rotatable bonds is 17. The van der Waals surface area contributed by atoms with E-state index < -0.39 is 65.6 Å². The van der Waals surface area contributed by atoms with Gasteiger partial charge in [-0.25, -0.2) is 0 Å². The van der Waals surface area contributed by atoms with Gasteiger partial charge in [0.15, 0.2) is 0 Å². The second kappa shape index (κ2) is 16.8. The minimum absolute atomic E-state index is 0.138. The van der Waals surface area contributed by atoms with Crippen molar-refractivity contribution in [3.63, 3.8) is 0 Å². The zero-order valence-electron chi connectivity index (χ0n) is 30.3. The van der Waals surface area contributed by atoms with Gasteiger partial charge >= 0.3 is 5.97 Å². The van der Waals surface area contributed by atoms with Crippen LogP contribution >= 0.6 is 15.9 Å². The number of alkyl halides is 1. The lowest BCUT2D eigenvalue weighted by Crippen LogP contribution is -2.60. The van der Waals surface area contributed by atoms with Gasteiger partial charge in [-0.15, -0.1) is 13.2 Å². The van der Waals surface area contributed by atoms with Gasteiger partial charge in [0.1, 0.15) is 23.5 Å². The number of carbonyl (C=O) groups is 4. The molecule has 10 atom stereocenters. The molecule has 3 fully saturated rings. The number of nitrogens with zero attached hydrogens (tertiary/aromatic N) is 2. The molecular formula is C40H50BrN3O8. The number of anilines is 1. The number of nitrogens with one attached hydrogen (secondary N) is 1. The SMILES string of the molecule is C=CCCC(=O)N[C@H](C)[C@@H](OC(=O)[C@H]1[C@@H]2O[C@@]3(CC2Br)[C@@H]1C(=O)N([C@@H](CO)[C@@H](C)CC)[C@@H]3C(=O)N(CC=C)c1ccc(OC)cc1)c1ccccc1. The van der Waals surface area contributed by atoms with Crippen molar-refractivity contribution in [2.45, 2.75) is 87.2 Å². The normalized spacial score (nSPS) is 26.8. The van der Waals surface area contributed by atoms with Crippen molar-refractivity contribution in [2.24, 2.45) is 17.8 Å². The Hall–Kier alpha value is -4.00. The fourth-order valence-electron chi connectivity index (χ4n) is 8.09. The van der Waals surface area contributed by atoms with Gasteiger partial charge in [0, 0.05) is 23.5 Å². The van der Waals surface area contributed by atoms with Gasteiger partial charge in [-0.1, -0.05) is 78.7 Å². The fraction of sp³-hybridized carbons (Fsp3) is 0.500. The number of carbonyl (C=O) groups excluding carboxylic acids is 4. The van der Waals surface area contributed by atoms with Crippen LogP contribution in [0.25, 0.3) is 0 Å². The molecule has 11 nitrogen and oxygen atoms in total. The number of esters is 1. The smallest absolute Gasteiger partial charge is 0.313 e. The first-order valence-electron chi connectivity index (χ1n) is 17.9. The largest absolute Gasteiger partial charge is 0.497 e. The van der Waals surface area contributed by atoms with Crippen LogP contribution in [-0.4, -0.2) is 88.6 Å². The van der Waals surface area contributed by atoms with E-state index in [1.165, 1.54) is 4.90 Å². The number of hydrogen-bond donors (Lipinski definition) is 2. The van der Waals surface area contributed by atoms with Crippen molar-refractivity contribution in [1.82, 2.24) is 10.2 Å². The number of likely N-dealkylation sites (tertiary alicyclic amines) is 1. The van der Waals surface area contributed by atoms with Crippen LogP contribution in [0.5, 0.6) is 5.75 Å². The molecule has 5 rings (SSSR count).